The van der Waals surface area contributed by atoms with Crippen LogP contribution in [0, 0.1) is 5.82 Å². The molecule has 2 aromatic carbocycles. The molecule has 0 spiro atoms. The zero-order valence-corrected chi connectivity index (χ0v) is 15.8. The second-order valence-corrected chi connectivity index (χ2v) is 7.02. The number of rotatable bonds is 6. The average Bonchev–Trinajstić information content (AvgIpc) is 2.66. The molecule has 4 nitrogen and oxygen atoms in total. The van der Waals surface area contributed by atoms with Crippen molar-refractivity contribution in [1.29, 1.82) is 0 Å². The Kier molecular flexibility index (Phi) is 5.79. The second-order valence-electron chi connectivity index (χ2n) is 7.02. The maximum absolute atomic E-state index is 13.6. The van der Waals surface area contributed by atoms with E-state index in [0.29, 0.717) is 0 Å². The van der Waals surface area contributed by atoms with Crippen LogP contribution in [0.2, 0.25) is 0 Å². The lowest BCUT2D eigenvalue weighted by Gasteiger charge is -2.36. The quantitative estimate of drug-likeness (QED) is 0.821. The van der Waals surface area contributed by atoms with Gasteiger partial charge in [0, 0.05) is 24.0 Å². The normalized spacial score (nSPS) is 20.3. The molecule has 1 aliphatic heterocycles. The van der Waals surface area contributed by atoms with Gasteiger partial charge < -0.3 is 20.1 Å². The fourth-order valence-electron chi connectivity index (χ4n) is 4.04. The Hall–Kier alpha value is -2.11. The number of benzene rings is 2. The molecule has 3 rings (SSSR count). The number of nitrogens with one attached hydrogen (secondary N) is 1. The Labute approximate surface area is 154 Å². The minimum absolute atomic E-state index is 0.177. The summed E-state index contributed by atoms with van der Waals surface area (Å²) in [5.74, 6) is 1.35. The minimum atomic E-state index is -0.177. The highest BCUT2D eigenvalue weighted by atomic mass is 19.1. The number of methoxy groups -OCH3 is 2. The number of quaternary nitrogens is 2. The molecule has 0 fully saturated rings. The van der Waals surface area contributed by atoms with Gasteiger partial charge in [0.1, 0.15) is 18.4 Å². The van der Waals surface area contributed by atoms with Crippen molar-refractivity contribution in [2.45, 2.75) is 38.4 Å². The molecule has 2 aromatic rings. The van der Waals surface area contributed by atoms with Crippen LogP contribution in [0.15, 0.2) is 36.4 Å². The van der Waals surface area contributed by atoms with Crippen molar-refractivity contribution in [2.24, 2.45) is 0 Å². The highest BCUT2D eigenvalue weighted by molar-refractivity contribution is 5.49. The topological polar surface area (TPSA) is 50.5 Å². The van der Waals surface area contributed by atoms with E-state index < -0.39 is 0 Å². The summed E-state index contributed by atoms with van der Waals surface area (Å²) in [5, 5.41) is 0. The molecule has 1 unspecified atom stereocenters. The monoisotopic (exact) mass is 360 g/mol. The number of hydrogen-bond donors (Lipinski definition) is 2. The van der Waals surface area contributed by atoms with Gasteiger partial charge in [-0.2, -0.15) is 0 Å². The van der Waals surface area contributed by atoms with E-state index in [2.05, 4.69) is 24.8 Å². The van der Waals surface area contributed by atoms with Crippen LogP contribution in [-0.2, 0) is 13.0 Å². The lowest BCUT2D eigenvalue weighted by atomic mass is 9.86. The van der Waals surface area contributed by atoms with Gasteiger partial charge in [0.25, 0.3) is 0 Å². The highest BCUT2D eigenvalue weighted by Crippen LogP contribution is 2.35. The zero-order chi connectivity index (χ0) is 18.7. The summed E-state index contributed by atoms with van der Waals surface area (Å²) < 4.78 is 24.6. The highest BCUT2D eigenvalue weighted by Gasteiger charge is 2.38. The SMILES string of the molecule is CC[C@H]([NH3+])[C@H]1c2cc(OC)c(OC)cc2CC[NH+]1Cc1cccc(F)c1. The number of ether oxygens (including phenoxy) is 2. The van der Waals surface area contributed by atoms with Crippen molar-refractivity contribution in [1.82, 2.24) is 0 Å². The van der Waals surface area contributed by atoms with Crippen LogP contribution in [0.5, 0.6) is 11.5 Å². The molecule has 0 saturated heterocycles. The van der Waals surface area contributed by atoms with Crippen LogP contribution >= 0.6 is 0 Å². The van der Waals surface area contributed by atoms with Crippen molar-refractivity contribution in [3.8, 4) is 11.5 Å². The fourth-order valence-corrected chi connectivity index (χ4v) is 4.04. The van der Waals surface area contributed by atoms with Crippen LogP contribution in [0.4, 0.5) is 4.39 Å². The molecule has 3 atom stereocenters. The van der Waals surface area contributed by atoms with Gasteiger partial charge in [0.2, 0.25) is 0 Å². The van der Waals surface area contributed by atoms with Crippen molar-refractivity contribution in [2.75, 3.05) is 20.8 Å². The summed E-state index contributed by atoms with van der Waals surface area (Å²) in [6, 6.07) is 11.7. The molecular formula is C21H29FN2O2+2. The van der Waals surface area contributed by atoms with Crippen molar-refractivity contribution >= 4 is 0 Å². The molecule has 0 saturated carbocycles. The molecule has 0 bridgehead atoms. The molecule has 4 N–H and O–H groups in total. The third-order valence-corrected chi connectivity index (χ3v) is 5.45. The Bertz CT molecular complexity index is 766. The van der Waals surface area contributed by atoms with E-state index in [0.717, 1.165) is 43.0 Å². The molecular weight excluding hydrogens is 331 g/mol. The Morgan fingerprint density at radius 3 is 2.58 bits per heavy atom. The standard InChI is InChI=1S/C21H27FN2O2/c1-4-18(23)21-17-12-20(26-3)19(25-2)11-15(17)8-9-24(21)13-14-6-5-7-16(22)10-14/h5-7,10-12,18,21H,4,8-9,13,23H2,1-3H3/p+2/t18-,21+/m0/s1. The number of halogens is 1. The fraction of sp³-hybridized carbons (Fsp3) is 0.429. The lowest BCUT2D eigenvalue weighted by molar-refractivity contribution is -0.957. The summed E-state index contributed by atoms with van der Waals surface area (Å²) in [7, 11) is 3.34. The van der Waals surface area contributed by atoms with Crippen LogP contribution in [0.25, 0.3) is 0 Å². The van der Waals surface area contributed by atoms with Gasteiger partial charge >= 0.3 is 0 Å². The summed E-state index contributed by atoms with van der Waals surface area (Å²) in [4.78, 5) is 1.43. The van der Waals surface area contributed by atoms with E-state index in [1.807, 2.05) is 6.07 Å². The molecule has 0 radical (unpaired) electrons. The van der Waals surface area contributed by atoms with E-state index in [9.17, 15) is 4.39 Å². The van der Waals surface area contributed by atoms with E-state index in [4.69, 9.17) is 9.47 Å². The summed E-state index contributed by atoms with van der Waals surface area (Å²) in [6.45, 7) is 3.96. The van der Waals surface area contributed by atoms with Crippen molar-refractivity contribution in [3.05, 3.63) is 58.9 Å². The summed E-state index contributed by atoms with van der Waals surface area (Å²) >= 11 is 0. The van der Waals surface area contributed by atoms with E-state index in [-0.39, 0.29) is 17.9 Å². The van der Waals surface area contributed by atoms with Gasteiger partial charge in [-0.1, -0.05) is 19.1 Å². The Morgan fingerprint density at radius 2 is 1.92 bits per heavy atom. The molecule has 0 amide bonds. The van der Waals surface area contributed by atoms with E-state index in [1.54, 1.807) is 26.4 Å². The van der Waals surface area contributed by atoms with Gasteiger partial charge in [-0.3, -0.25) is 0 Å². The third kappa shape index (κ3) is 3.69. The molecule has 1 aliphatic rings. The number of hydrogen-bond acceptors (Lipinski definition) is 2. The van der Waals surface area contributed by atoms with Crippen molar-refractivity contribution < 1.29 is 24.5 Å². The molecule has 0 aromatic heterocycles. The maximum Gasteiger partial charge on any atom is 0.166 e. The first kappa shape index (κ1) is 18.7. The lowest BCUT2D eigenvalue weighted by Crippen LogP contribution is -3.14. The van der Waals surface area contributed by atoms with E-state index >= 15 is 0 Å². The second kappa shape index (κ2) is 8.06. The predicted octanol–water partition coefficient (Wildman–Crippen LogP) is 1.55. The summed E-state index contributed by atoms with van der Waals surface area (Å²) in [6.07, 6.45) is 1.96. The zero-order valence-electron chi connectivity index (χ0n) is 15.8. The van der Waals surface area contributed by atoms with Crippen LogP contribution < -0.4 is 20.1 Å². The molecule has 1 heterocycles. The third-order valence-electron chi connectivity index (χ3n) is 5.45. The first-order valence-corrected chi connectivity index (χ1v) is 9.24. The first-order valence-electron chi connectivity index (χ1n) is 9.24. The van der Waals surface area contributed by atoms with Crippen LogP contribution in [-0.4, -0.2) is 26.8 Å². The van der Waals surface area contributed by atoms with Gasteiger partial charge in [-0.05, 0) is 29.8 Å². The Balaban J connectivity index is 1.98. The Morgan fingerprint density at radius 1 is 1.19 bits per heavy atom. The molecule has 5 heteroatoms. The predicted molar refractivity (Wildman–Crippen MR) is 98.9 cm³/mol. The number of fused-ring (bicyclic) bond motifs is 1. The van der Waals surface area contributed by atoms with Crippen molar-refractivity contribution in [3.63, 3.8) is 0 Å². The first-order chi connectivity index (χ1) is 12.6. The van der Waals surface area contributed by atoms with Crippen LogP contribution in [0.3, 0.4) is 0 Å². The summed E-state index contributed by atoms with van der Waals surface area (Å²) in [5.41, 5.74) is 8.03. The largest absolute Gasteiger partial charge is 0.493 e. The van der Waals surface area contributed by atoms with E-state index in [1.165, 1.54) is 22.1 Å². The van der Waals surface area contributed by atoms with Gasteiger partial charge in [0.05, 0.1) is 20.8 Å². The minimum Gasteiger partial charge on any atom is -0.493 e. The maximum atomic E-state index is 13.6. The molecule has 0 aliphatic carbocycles. The van der Waals surface area contributed by atoms with Gasteiger partial charge in [-0.25, -0.2) is 4.39 Å². The van der Waals surface area contributed by atoms with Gasteiger partial charge in [-0.15, -0.1) is 0 Å². The molecule has 26 heavy (non-hydrogen) atoms. The smallest absolute Gasteiger partial charge is 0.166 e. The van der Waals surface area contributed by atoms with Gasteiger partial charge in [0.15, 0.2) is 17.5 Å². The van der Waals surface area contributed by atoms with Crippen LogP contribution in [0.1, 0.15) is 36.1 Å². The average molecular weight is 360 g/mol. The molecule has 140 valence electrons.